The lowest BCUT2D eigenvalue weighted by Crippen LogP contribution is -2.10. The maximum Gasteiger partial charge on any atom is 0.505 e. The van der Waals surface area contributed by atoms with Crippen LogP contribution in [0.2, 0.25) is 0 Å². The van der Waals surface area contributed by atoms with Gasteiger partial charge in [-0.1, -0.05) is 37.3 Å². The van der Waals surface area contributed by atoms with Crippen molar-refractivity contribution in [3.8, 4) is 11.1 Å². The van der Waals surface area contributed by atoms with E-state index in [1.807, 2.05) is 30.3 Å². The first-order chi connectivity index (χ1) is 10.5. The van der Waals surface area contributed by atoms with Crippen molar-refractivity contribution < 1.29 is 19.6 Å². The van der Waals surface area contributed by atoms with Crippen molar-refractivity contribution in [3.05, 3.63) is 64.2 Å². The summed E-state index contributed by atoms with van der Waals surface area (Å²) in [6.45, 7) is 1.56. The molecule has 0 heterocycles. The summed E-state index contributed by atoms with van der Waals surface area (Å²) in [5.41, 5.74) is 2.18. The van der Waals surface area contributed by atoms with Gasteiger partial charge in [-0.15, -0.1) is 0 Å². The second-order valence-electron chi connectivity index (χ2n) is 4.87. The van der Waals surface area contributed by atoms with Crippen LogP contribution in [-0.2, 0) is 4.74 Å². The molecule has 1 unspecified atom stereocenters. The van der Waals surface area contributed by atoms with Gasteiger partial charge in [0.05, 0.1) is 4.92 Å². The Bertz CT molecular complexity index is 684. The third-order valence-corrected chi connectivity index (χ3v) is 3.32. The van der Waals surface area contributed by atoms with Crippen molar-refractivity contribution in [1.29, 1.82) is 0 Å². The van der Waals surface area contributed by atoms with E-state index in [-0.39, 0.29) is 12.3 Å². The monoisotopic (exact) mass is 301 g/mol. The van der Waals surface area contributed by atoms with Crippen LogP contribution in [0.4, 0.5) is 10.5 Å². The fourth-order valence-electron chi connectivity index (χ4n) is 2.21. The van der Waals surface area contributed by atoms with Crippen LogP contribution in [-0.4, -0.2) is 22.8 Å². The highest BCUT2D eigenvalue weighted by molar-refractivity contribution is 5.67. The highest BCUT2D eigenvalue weighted by Crippen LogP contribution is 2.31. The van der Waals surface area contributed by atoms with Gasteiger partial charge >= 0.3 is 6.16 Å². The van der Waals surface area contributed by atoms with Gasteiger partial charge in [-0.2, -0.15) is 0 Å². The average molecular weight is 301 g/mol. The smallest absolute Gasteiger partial charge is 0.450 e. The fraction of sp³-hybridized carbons (Fsp3) is 0.188. The molecule has 6 nitrogen and oxygen atoms in total. The first kappa shape index (κ1) is 15.5. The number of nitro groups is 1. The molecule has 2 rings (SSSR count). The Morgan fingerprint density at radius 3 is 2.50 bits per heavy atom. The van der Waals surface area contributed by atoms with Gasteiger partial charge in [0.15, 0.2) is 0 Å². The van der Waals surface area contributed by atoms with E-state index in [2.05, 4.69) is 4.74 Å². The van der Waals surface area contributed by atoms with Crippen LogP contribution in [0, 0.1) is 10.1 Å². The SMILES string of the molecule is CC(COC(=O)O)c1cc(-c2ccccc2)ccc1[N+](=O)[O-]. The zero-order valence-electron chi connectivity index (χ0n) is 11.9. The molecule has 0 aliphatic heterocycles. The highest BCUT2D eigenvalue weighted by atomic mass is 16.7. The molecule has 0 saturated heterocycles. The summed E-state index contributed by atoms with van der Waals surface area (Å²) in [4.78, 5) is 21.2. The number of carbonyl (C=O) groups is 1. The Balaban J connectivity index is 2.40. The Hall–Kier alpha value is -2.89. The second-order valence-corrected chi connectivity index (χ2v) is 4.87. The molecule has 6 heteroatoms. The van der Waals surface area contributed by atoms with Crippen LogP contribution < -0.4 is 0 Å². The second kappa shape index (κ2) is 6.71. The highest BCUT2D eigenvalue weighted by Gasteiger charge is 2.21. The molecule has 22 heavy (non-hydrogen) atoms. The van der Waals surface area contributed by atoms with Crippen molar-refractivity contribution in [2.75, 3.05) is 6.61 Å². The third-order valence-electron chi connectivity index (χ3n) is 3.32. The minimum Gasteiger partial charge on any atom is -0.450 e. The van der Waals surface area contributed by atoms with Crippen LogP contribution in [0.5, 0.6) is 0 Å². The van der Waals surface area contributed by atoms with E-state index < -0.39 is 17.0 Å². The fourth-order valence-corrected chi connectivity index (χ4v) is 2.21. The molecule has 0 radical (unpaired) electrons. The van der Waals surface area contributed by atoms with Gasteiger partial charge < -0.3 is 9.84 Å². The van der Waals surface area contributed by atoms with E-state index >= 15 is 0 Å². The molecular weight excluding hydrogens is 286 g/mol. The summed E-state index contributed by atoms with van der Waals surface area (Å²) in [7, 11) is 0. The van der Waals surface area contributed by atoms with E-state index in [4.69, 9.17) is 5.11 Å². The zero-order valence-corrected chi connectivity index (χ0v) is 11.9. The molecule has 1 atom stereocenters. The molecule has 2 aromatic carbocycles. The molecule has 0 aliphatic carbocycles. The van der Waals surface area contributed by atoms with E-state index in [9.17, 15) is 14.9 Å². The summed E-state index contributed by atoms with van der Waals surface area (Å²) in [6.07, 6.45) is -1.39. The normalized spacial score (nSPS) is 11.7. The van der Waals surface area contributed by atoms with E-state index in [1.165, 1.54) is 6.07 Å². The van der Waals surface area contributed by atoms with Crippen LogP contribution in [0.15, 0.2) is 48.5 Å². The Labute approximate surface area is 127 Å². The van der Waals surface area contributed by atoms with Crippen LogP contribution in [0.3, 0.4) is 0 Å². The molecular formula is C16H15NO5. The first-order valence-electron chi connectivity index (χ1n) is 6.68. The first-order valence-corrected chi connectivity index (χ1v) is 6.68. The molecule has 0 amide bonds. The Morgan fingerprint density at radius 1 is 1.23 bits per heavy atom. The molecule has 0 saturated carbocycles. The van der Waals surface area contributed by atoms with E-state index in [1.54, 1.807) is 19.1 Å². The number of benzene rings is 2. The van der Waals surface area contributed by atoms with Crippen molar-refractivity contribution in [2.24, 2.45) is 0 Å². The molecule has 0 fully saturated rings. The number of nitro benzene ring substituents is 1. The summed E-state index contributed by atoms with van der Waals surface area (Å²) in [5, 5.41) is 19.7. The lowest BCUT2D eigenvalue weighted by Gasteiger charge is -2.13. The molecule has 0 bridgehead atoms. The van der Waals surface area contributed by atoms with Crippen molar-refractivity contribution >= 4 is 11.8 Å². The Morgan fingerprint density at radius 2 is 1.91 bits per heavy atom. The van der Waals surface area contributed by atoms with Gasteiger partial charge in [0, 0.05) is 17.5 Å². The van der Waals surface area contributed by atoms with Gasteiger partial charge in [0.1, 0.15) is 6.61 Å². The third kappa shape index (κ3) is 3.60. The molecule has 0 aromatic heterocycles. The minimum absolute atomic E-state index is 0.0406. The van der Waals surface area contributed by atoms with E-state index in [0.29, 0.717) is 5.56 Å². The molecule has 0 aliphatic rings. The molecule has 114 valence electrons. The van der Waals surface area contributed by atoms with Gasteiger partial charge in [-0.3, -0.25) is 10.1 Å². The number of hydrogen-bond acceptors (Lipinski definition) is 4. The van der Waals surface area contributed by atoms with Gasteiger partial charge in [-0.25, -0.2) is 4.79 Å². The number of rotatable bonds is 5. The Kier molecular flexibility index (Phi) is 4.73. The molecule has 2 aromatic rings. The summed E-state index contributed by atoms with van der Waals surface area (Å²) in [6, 6.07) is 14.3. The summed E-state index contributed by atoms with van der Waals surface area (Å²) in [5.74, 6) is -0.417. The zero-order chi connectivity index (χ0) is 16.1. The van der Waals surface area contributed by atoms with Crippen LogP contribution in [0.1, 0.15) is 18.4 Å². The predicted molar refractivity (Wildman–Crippen MR) is 80.9 cm³/mol. The summed E-state index contributed by atoms with van der Waals surface area (Å²) >= 11 is 0. The van der Waals surface area contributed by atoms with Gasteiger partial charge in [0.25, 0.3) is 5.69 Å². The summed E-state index contributed by atoms with van der Waals surface area (Å²) < 4.78 is 4.53. The van der Waals surface area contributed by atoms with Crippen molar-refractivity contribution in [3.63, 3.8) is 0 Å². The van der Waals surface area contributed by atoms with Crippen molar-refractivity contribution in [2.45, 2.75) is 12.8 Å². The lowest BCUT2D eigenvalue weighted by molar-refractivity contribution is -0.385. The minimum atomic E-state index is -1.39. The quantitative estimate of drug-likeness (QED) is 0.511. The predicted octanol–water partition coefficient (Wildman–Crippen LogP) is 4.06. The average Bonchev–Trinajstić information content (AvgIpc) is 2.52. The van der Waals surface area contributed by atoms with Crippen LogP contribution in [0.25, 0.3) is 11.1 Å². The largest absolute Gasteiger partial charge is 0.505 e. The van der Waals surface area contributed by atoms with Crippen molar-refractivity contribution in [1.82, 2.24) is 0 Å². The number of ether oxygens (including phenoxy) is 1. The van der Waals surface area contributed by atoms with Gasteiger partial charge in [-0.05, 0) is 23.3 Å². The van der Waals surface area contributed by atoms with Crippen LogP contribution >= 0.6 is 0 Å². The lowest BCUT2D eigenvalue weighted by atomic mass is 9.95. The molecule has 1 N–H and O–H groups in total. The number of hydrogen-bond donors (Lipinski definition) is 1. The van der Waals surface area contributed by atoms with E-state index in [0.717, 1.165) is 11.1 Å². The number of nitrogens with zero attached hydrogens (tertiary/aromatic N) is 1. The molecule has 0 spiro atoms. The maximum atomic E-state index is 11.2. The topological polar surface area (TPSA) is 89.7 Å². The standard InChI is InChI=1S/C16H15NO5/c1-11(10-22-16(18)19)14-9-13(7-8-15(14)17(20)21)12-5-3-2-4-6-12/h2-9,11H,10H2,1H3,(H,18,19). The van der Waals surface area contributed by atoms with Gasteiger partial charge in [0.2, 0.25) is 0 Å². The maximum absolute atomic E-state index is 11.2. The number of carboxylic acid groups (broad SMARTS) is 1.